The molecular weight excluding hydrogens is 520 g/mol. The molecule has 0 unspecified atom stereocenters. The smallest absolute Gasteiger partial charge is 0.243 e. The van der Waals surface area contributed by atoms with Crippen LogP contribution in [0.4, 0.5) is 0 Å². The summed E-state index contributed by atoms with van der Waals surface area (Å²) < 4.78 is 0.950. The Morgan fingerprint density at radius 2 is 1.66 bits per heavy atom. The number of halogens is 1. The molecule has 2 amide bonds. The molecule has 0 fully saturated rings. The molecule has 0 heterocycles. The van der Waals surface area contributed by atoms with Crippen molar-refractivity contribution < 1.29 is 9.59 Å². The quantitative estimate of drug-likeness (QED) is 0.293. The highest BCUT2D eigenvalue weighted by Gasteiger charge is 2.30. The first kappa shape index (κ1) is 27.0. The van der Waals surface area contributed by atoms with Gasteiger partial charge in [0, 0.05) is 29.7 Å². The molecular formula is C29H33BrN2O2S. The molecule has 3 aromatic rings. The number of thioether (sulfide) groups is 1. The first-order chi connectivity index (χ1) is 17.0. The summed E-state index contributed by atoms with van der Waals surface area (Å²) in [6.07, 6.45) is 1.31. The first-order valence-electron chi connectivity index (χ1n) is 11.9. The highest BCUT2D eigenvalue weighted by Crippen LogP contribution is 2.20. The molecule has 1 N–H and O–H groups in total. The first-order valence-corrected chi connectivity index (χ1v) is 13.9. The van der Waals surface area contributed by atoms with Gasteiger partial charge in [0.05, 0.1) is 5.75 Å². The average Bonchev–Trinajstić information content (AvgIpc) is 2.85. The summed E-state index contributed by atoms with van der Waals surface area (Å²) in [7, 11) is 0. The zero-order valence-corrected chi connectivity index (χ0v) is 22.8. The van der Waals surface area contributed by atoms with E-state index in [4.69, 9.17) is 0 Å². The van der Waals surface area contributed by atoms with E-state index in [1.165, 1.54) is 11.1 Å². The molecule has 1 atom stereocenters. The maximum atomic E-state index is 13.6. The van der Waals surface area contributed by atoms with Crippen LogP contribution in [0.25, 0.3) is 0 Å². The van der Waals surface area contributed by atoms with E-state index in [0.29, 0.717) is 25.3 Å². The summed E-state index contributed by atoms with van der Waals surface area (Å²) in [5, 5.41) is 3.02. The van der Waals surface area contributed by atoms with Gasteiger partial charge in [0.2, 0.25) is 11.8 Å². The summed E-state index contributed by atoms with van der Waals surface area (Å²) in [6.45, 7) is 5.06. The number of nitrogens with one attached hydrogen (secondary N) is 1. The number of aryl methyl sites for hydroxylation is 1. The van der Waals surface area contributed by atoms with Crippen LogP contribution in [-0.4, -0.2) is 35.1 Å². The predicted molar refractivity (Wildman–Crippen MR) is 149 cm³/mol. The average molecular weight is 554 g/mol. The second-order valence-corrected chi connectivity index (χ2v) is 10.5. The Balaban J connectivity index is 1.83. The number of hydrogen-bond acceptors (Lipinski definition) is 3. The van der Waals surface area contributed by atoms with Gasteiger partial charge in [-0.2, -0.15) is 0 Å². The Kier molecular flexibility index (Phi) is 10.9. The summed E-state index contributed by atoms with van der Waals surface area (Å²) in [4.78, 5) is 28.7. The summed E-state index contributed by atoms with van der Waals surface area (Å²) in [5.74, 6) is 0.926. The van der Waals surface area contributed by atoms with Crippen LogP contribution >= 0.6 is 27.7 Å². The number of amides is 2. The van der Waals surface area contributed by atoms with Gasteiger partial charge < -0.3 is 10.2 Å². The van der Waals surface area contributed by atoms with Crippen LogP contribution in [0.2, 0.25) is 0 Å². The van der Waals surface area contributed by atoms with E-state index < -0.39 is 6.04 Å². The van der Waals surface area contributed by atoms with E-state index in [9.17, 15) is 9.59 Å². The maximum absolute atomic E-state index is 13.6. The Bertz CT molecular complexity index is 1110. The molecule has 0 bridgehead atoms. The summed E-state index contributed by atoms with van der Waals surface area (Å²) >= 11 is 5.12. The fourth-order valence-corrected chi connectivity index (χ4v) is 5.20. The van der Waals surface area contributed by atoms with Gasteiger partial charge in [-0.25, -0.2) is 0 Å². The van der Waals surface area contributed by atoms with Crippen molar-refractivity contribution in [2.24, 2.45) is 0 Å². The minimum Gasteiger partial charge on any atom is -0.354 e. The molecule has 0 aliphatic rings. The molecule has 0 spiro atoms. The number of carbonyl (C=O) groups excluding carboxylic acids is 2. The zero-order chi connectivity index (χ0) is 25.0. The fraction of sp³-hybridized carbons (Fsp3) is 0.310. The van der Waals surface area contributed by atoms with Crippen molar-refractivity contribution >= 4 is 39.5 Å². The lowest BCUT2D eigenvalue weighted by Gasteiger charge is -2.31. The molecule has 0 saturated carbocycles. The molecule has 0 aliphatic carbocycles. The number of hydrogen-bond donors (Lipinski definition) is 1. The van der Waals surface area contributed by atoms with Crippen LogP contribution < -0.4 is 5.32 Å². The Labute approximate surface area is 221 Å². The monoisotopic (exact) mass is 552 g/mol. The van der Waals surface area contributed by atoms with E-state index >= 15 is 0 Å². The van der Waals surface area contributed by atoms with Crippen LogP contribution in [0, 0.1) is 6.92 Å². The third kappa shape index (κ3) is 8.86. The third-order valence-corrected chi connectivity index (χ3v) is 7.12. The Morgan fingerprint density at radius 1 is 0.943 bits per heavy atom. The van der Waals surface area contributed by atoms with Gasteiger partial charge in [0.15, 0.2) is 0 Å². The van der Waals surface area contributed by atoms with Crippen molar-refractivity contribution in [1.82, 2.24) is 10.2 Å². The number of benzene rings is 3. The molecule has 0 radical (unpaired) electrons. The van der Waals surface area contributed by atoms with E-state index in [1.54, 1.807) is 16.7 Å². The van der Waals surface area contributed by atoms with Gasteiger partial charge in [-0.1, -0.05) is 95.1 Å². The Morgan fingerprint density at radius 3 is 2.37 bits per heavy atom. The number of nitrogens with zero attached hydrogens (tertiary/aromatic N) is 1. The molecule has 3 rings (SSSR count). The number of rotatable bonds is 12. The molecule has 184 valence electrons. The highest BCUT2D eigenvalue weighted by atomic mass is 79.9. The second kappa shape index (κ2) is 14.1. The predicted octanol–water partition coefficient (Wildman–Crippen LogP) is 6.16. The topological polar surface area (TPSA) is 49.4 Å². The van der Waals surface area contributed by atoms with Crippen LogP contribution in [0.1, 0.15) is 35.6 Å². The molecule has 6 heteroatoms. The third-order valence-electron chi connectivity index (χ3n) is 5.64. The lowest BCUT2D eigenvalue weighted by molar-refractivity contribution is -0.139. The van der Waals surface area contributed by atoms with Crippen molar-refractivity contribution in [3.8, 4) is 0 Å². The zero-order valence-electron chi connectivity index (χ0n) is 20.4. The van der Waals surface area contributed by atoms with Crippen molar-refractivity contribution in [3.63, 3.8) is 0 Å². The lowest BCUT2D eigenvalue weighted by Crippen LogP contribution is -2.51. The minimum absolute atomic E-state index is 0.0322. The summed E-state index contributed by atoms with van der Waals surface area (Å²) in [6, 6.07) is 25.6. The standard InChI is InChI=1S/C29H33BrN2O2S/c1-3-15-31-29(34)27(18-23-10-5-4-6-11-23)32(19-24-12-8-14-26(30)17-24)28(33)21-35-20-25-13-7-9-22(2)16-25/h4-14,16-17,27H,3,15,18-21H2,1-2H3,(H,31,34)/t27-/m0/s1. The minimum atomic E-state index is -0.588. The van der Waals surface area contributed by atoms with E-state index in [1.807, 2.05) is 67.6 Å². The highest BCUT2D eigenvalue weighted by molar-refractivity contribution is 9.10. The van der Waals surface area contributed by atoms with Crippen LogP contribution in [-0.2, 0) is 28.3 Å². The summed E-state index contributed by atoms with van der Waals surface area (Å²) in [5.41, 5.74) is 4.42. The lowest BCUT2D eigenvalue weighted by atomic mass is 10.0. The van der Waals surface area contributed by atoms with Crippen molar-refractivity contribution in [1.29, 1.82) is 0 Å². The molecule has 0 aromatic heterocycles. The SMILES string of the molecule is CCCNC(=O)[C@H](Cc1ccccc1)N(Cc1cccc(Br)c1)C(=O)CSCc1cccc(C)c1. The van der Waals surface area contributed by atoms with Crippen LogP contribution in [0.3, 0.4) is 0 Å². The van der Waals surface area contributed by atoms with E-state index in [-0.39, 0.29) is 11.8 Å². The van der Waals surface area contributed by atoms with Gasteiger partial charge in [0.1, 0.15) is 6.04 Å². The molecule has 0 saturated heterocycles. The van der Waals surface area contributed by atoms with Crippen molar-refractivity contribution in [2.75, 3.05) is 12.3 Å². The molecule has 35 heavy (non-hydrogen) atoms. The second-order valence-electron chi connectivity index (χ2n) is 8.63. The number of carbonyl (C=O) groups is 2. The largest absolute Gasteiger partial charge is 0.354 e. The van der Waals surface area contributed by atoms with Gasteiger partial charge in [-0.3, -0.25) is 9.59 Å². The van der Waals surface area contributed by atoms with Gasteiger partial charge in [-0.15, -0.1) is 11.8 Å². The fourth-order valence-electron chi connectivity index (χ4n) is 3.89. The maximum Gasteiger partial charge on any atom is 0.243 e. The molecule has 3 aromatic carbocycles. The van der Waals surface area contributed by atoms with Gasteiger partial charge >= 0.3 is 0 Å². The van der Waals surface area contributed by atoms with Gasteiger partial charge in [0.25, 0.3) is 0 Å². The van der Waals surface area contributed by atoms with Crippen LogP contribution in [0.5, 0.6) is 0 Å². The van der Waals surface area contributed by atoms with Crippen molar-refractivity contribution in [2.45, 2.75) is 45.0 Å². The van der Waals surface area contributed by atoms with Gasteiger partial charge in [-0.05, 0) is 42.2 Å². The molecule has 0 aliphatic heterocycles. The normalized spacial score (nSPS) is 11.6. The Hall–Kier alpha value is -2.57. The van der Waals surface area contributed by atoms with Crippen LogP contribution in [0.15, 0.2) is 83.3 Å². The molecule has 4 nitrogen and oxygen atoms in total. The van der Waals surface area contributed by atoms with Crippen molar-refractivity contribution in [3.05, 3.63) is 106 Å². The van der Waals surface area contributed by atoms with E-state index in [2.05, 4.69) is 46.4 Å². The van der Waals surface area contributed by atoms with E-state index in [0.717, 1.165) is 27.8 Å².